The maximum Gasteiger partial charge on any atom is 0.296 e. The number of nitrogens with zero attached hydrogens (tertiary/aromatic N) is 6. The smallest absolute Gasteiger partial charge is 0.296 e. The van der Waals surface area contributed by atoms with E-state index >= 15 is 0 Å². The molecule has 0 saturated carbocycles. The number of fused-ring (bicyclic) bond motifs is 1. The highest BCUT2D eigenvalue weighted by molar-refractivity contribution is 7.99. The molecule has 0 aliphatic carbocycles. The van der Waals surface area contributed by atoms with Crippen molar-refractivity contribution in [3.05, 3.63) is 54.1 Å². The number of amides is 1. The molecule has 0 spiro atoms. The molecule has 0 unspecified atom stereocenters. The number of carbonyl (C=O) groups excluding carboxylic acids is 1. The van der Waals surface area contributed by atoms with Crippen molar-refractivity contribution in [2.75, 3.05) is 24.3 Å². The van der Waals surface area contributed by atoms with E-state index in [9.17, 15) is 4.79 Å². The number of para-hydroxylation sites is 1. The molecular formula is C24H24N6O3S. The average molecular weight is 477 g/mol. The molecule has 5 rings (SSSR count). The van der Waals surface area contributed by atoms with Crippen LogP contribution in [0.4, 0.5) is 5.69 Å². The monoisotopic (exact) mass is 476 g/mol. The summed E-state index contributed by atoms with van der Waals surface area (Å²) in [6.45, 7) is 3.32. The van der Waals surface area contributed by atoms with Crippen molar-refractivity contribution in [2.24, 2.45) is 0 Å². The lowest BCUT2D eigenvalue weighted by molar-refractivity contribution is -0.116. The Morgan fingerprint density at radius 2 is 1.97 bits per heavy atom. The van der Waals surface area contributed by atoms with Crippen LogP contribution in [0, 0.1) is 0 Å². The van der Waals surface area contributed by atoms with Crippen LogP contribution in [0.25, 0.3) is 23.1 Å². The van der Waals surface area contributed by atoms with Crippen molar-refractivity contribution < 1.29 is 14.1 Å². The molecule has 174 valence electrons. The standard InChI is InChI=1S/C24H24N6O3S/c1-3-29-22(23-25-21(28-33-23)17-10-12-18(32-2)13-11-17)26-27-24(29)34-15-20(31)30-14-6-8-16-7-4-5-9-19(16)30/h4-5,7,9-13H,3,6,8,14-15H2,1-2H3. The fourth-order valence-corrected chi connectivity index (χ4v) is 4.89. The molecule has 0 saturated heterocycles. The van der Waals surface area contributed by atoms with E-state index in [1.54, 1.807) is 7.11 Å². The maximum atomic E-state index is 13.0. The number of thioether (sulfide) groups is 1. The van der Waals surface area contributed by atoms with E-state index in [1.165, 1.54) is 17.3 Å². The van der Waals surface area contributed by atoms with Crippen molar-refractivity contribution in [2.45, 2.75) is 31.5 Å². The van der Waals surface area contributed by atoms with Crippen LogP contribution >= 0.6 is 11.8 Å². The van der Waals surface area contributed by atoms with E-state index in [0.29, 0.717) is 23.4 Å². The Bertz CT molecular complexity index is 1300. The van der Waals surface area contributed by atoms with Gasteiger partial charge in [-0.1, -0.05) is 35.1 Å². The number of aryl methyl sites for hydroxylation is 1. The van der Waals surface area contributed by atoms with Gasteiger partial charge in [-0.2, -0.15) is 4.98 Å². The van der Waals surface area contributed by atoms with Gasteiger partial charge in [0.05, 0.1) is 12.9 Å². The second-order valence-electron chi connectivity index (χ2n) is 7.77. The van der Waals surface area contributed by atoms with Gasteiger partial charge in [0.1, 0.15) is 5.75 Å². The molecule has 0 atom stereocenters. The van der Waals surface area contributed by atoms with Gasteiger partial charge in [0.25, 0.3) is 5.89 Å². The molecule has 0 N–H and O–H groups in total. The van der Waals surface area contributed by atoms with E-state index in [4.69, 9.17) is 9.26 Å². The van der Waals surface area contributed by atoms with E-state index in [2.05, 4.69) is 26.4 Å². The Balaban J connectivity index is 1.31. The molecule has 10 heteroatoms. The summed E-state index contributed by atoms with van der Waals surface area (Å²) >= 11 is 1.37. The Kier molecular flexibility index (Phi) is 6.31. The summed E-state index contributed by atoms with van der Waals surface area (Å²) in [4.78, 5) is 19.4. The number of rotatable bonds is 7. The number of hydrogen-bond acceptors (Lipinski definition) is 8. The number of benzene rings is 2. The zero-order chi connectivity index (χ0) is 23.5. The summed E-state index contributed by atoms with van der Waals surface area (Å²) < 4.78 is 12.6. The molecule has 0 radical (unpaired) electrons. The fourth-order valence-electron chi connectivity index (χ4n) is 4.01. The third-order valence-electron chi connectivity index (χ3n) is 5.73. The maximum absolute atomic E-state index is 13.0. The van der Waals surface area contributed by atoms with E-state index in [-0.39, 0.29) is 17.6 Å². The second kappa shape index (κ2) is 9.68. The van der Waals surface area contributed by atoms with Crippen LogP contribution < -0.4 is 9.64 Å². The van der Waals surface area contributed by atoms with Gasteiger partial charge >= 0.3 is 0 Å². The third kappa shape index (κ3) is 4.28. The molecule has 4 aromatic rings. The van der Waals surface area contributed by atoms with Gasteiger partial charge < -0.3 is 14.2 Å². The Labute approximate surface area is 201 Å². The third-order valence-corrected chi connectivity index (χ3v) is 6.69. The minimum Gasteiger partial charge on any atom is -0.497 e. The zero-order valence-electron chi connectivity index (χ0n) is 19.0. The first-order chi connectivity index (χ1) is 16.7. The lowest BCUT2D eigenvalue weighted by Gasteiger charge is -2.29. The number of hydrogen-bond donors (Lipinski definition) is 0. The van der Waals surface area contributed by atoms with Crippen molar-refractivity contribution >= 4 is 23.4 Å². The number of carbonyl (C=O) groups is 1. The summed E-state index contributed by atoms with van der Waals surface area (Å²) in [7, 11) is 1.62. The number of methoxy groups -OCH3 is 1. The van der Waals surface area contributed by atoms with E-state index in [1.807, 2.05) is 58.9 Å². The number of aromatic nitrogens is 5. The summed E-state index contributed by atoms with van der Waals surface area (Å²) in [6.07, 6.45) is 1.97. The minimum atomic E-state index is 0.0592. The van der Waals surface area contributed by atoms with Crippen LogP contribution in [0.1, 0.15) is 18.9 Å². The number of ether oxygens (including phenoxy) is 1. The highest BCUT2D eigenvalue weighted by Gasteiger charge is 2.24. The molecule has 0 bridgehead atoms. The first-order valence-corrected chi connectivity index (χ1v) is 12.1. The molecule has 3 heterocycles. The van der Waals surface area contributed by atoms with Crippen molar-refractivity contribution in [3.8, 4) is 28.9 Å². The Hall–Kier alpha value is -3.66. The SMILES string of the molecule is CCn1c(SCC(=O)N2CCCc3ccccc32)nnc1-c1nc(-c2ccc(OC)cc2)no1. The Morgan fingerprint density at radius 3 is 2.76 bits per heavy atom. The molecule has 9 nitrogen and oxygen atoms in total. The van der Waals surface area contributed by atoms with Gasteiger partial charge in [0, 0.05) is 24.3 Å². The molecule has 1 aliphatic rings. The summed E-state index contributed by atoms with van der Waals surface area (Å²) in [5, 5.41) is 13.3. The van der Waals surface area contributed by atoms with Crippen LogP contribution in [-0.2, 0) is 17.8 Å². The predicted molar refractivity (Wildman–Crippen MR) is 129 cm³/mol. The van der Waals surface area contributed by atoms with Gasteiger partial charge in [-0.15, -0.1) is 10.2 Å². The van der Waals surface area contributed by atoms with E-state index < -0.39 is 0 Å². The van der Waals surface area contributed by atoms with Crippen LogP contribution in [0.2, 0.25) is 0 Å². The molecule has 2 aromatic carbocycles. The first-order valence-electron chi connectivity index (χ1n) is 11.1. The summed E-state index contributed by atoms with van der Waals surface area (Å²) in [6, 6.07) is 15.5. The van der Waals surface area contributed by atoms with Gasteiger partial charge in [0.2, 0.25) is 17.6 Å². The lowest BCUT2D eigenvalue weighted by atomic mass is 10.0. The van der Waals surface area contributed by atoms with Gasteiger partial charge in [-0.25, -0.2) is 0 Å². The van der Waals surface area contributed by atoms with Gasteiger partial charge in [-0.05, 0) is 55.7 Å². The Morgan fingerprint density at radius 1 is 1.15 bits per heavy atom. The lowest BCUT2D eigenvalue weighted by Crippen LogP contribution is -2.36. The van der Waals surface area contributed by atoms with Gasteiger partial charge in [-0.3, -0.25) is 9.36 Å². The van der Waals surface area contributed by atoms with Crippen molar-refractivity contribution in [3.63, 3.8) is 0 Å². The minimum absolute atomic E-state index is 0.0592. The van der Waals surface area contributed by atoms with E-state index in [0.717, 1.165) is 36.4 Å². The fraction of sp³-hybridized carbons (Fsp3) is 0.292. The van der Waals surface area contributed by atoms with Crippen LogP contribution in [0.3, 0.4) is 0 Å². The molecule has 1 aliphatic heterocycles. The summed E-state index contributed by atoms with van der Waals surface area (Å²) in [5.41, 5.74) is 3.03. The molecule has 0 fully saturated rings. The van der Waals surface area contributed by atoms with Gasteiger partial charge in [0.15, 0.2) is 5.16 Å². The quantitative estimate of drug-likeness (QED) is 0.368. The zero-order valence-corrected chi connectivity index (χ0v) is 19.8. The molecule has 2 aromatic heterocycles. The second-order valence-corrected chi connectivity index (χ2v) is 8.71. The van der Waals surface area contributed by atoms with Crippen LogP contribution in [0.5, 0.6) is 5.75 Å². The highest BCUT2D eigenvalue weighted by atomic mass is 32.2. The normalized spacial score (nSPS) is 13.1. The molecular weight excluding hydrogens is 452 g/mol. The van der Waals surface area contributed by atoms with Crippen molar-refractivity contribution in [1.82, 2.24) is 24.9 Å². The topological polar surface area (TPSA) is 99.2 Å². The van der Waals surface area contributed by atoms with Crippen molar-refractivity contribution in [1.29, 1.82) is 0 Å². The van der Waals surface area contributed by atoms with Crippen LogP contribution in [-0.4, -0.2) is 50.2 Å². The highest BCUT2D eigenvalue weighted by Crippen LogP contribution is 2.29. The number of anilines is 1. The molecule has 1 amide bonds. The predicted octanol–water partition coefficient (Wildman–Crippen LogP) is 4.10. The first kappa shape index (κ1) is 22.1. The average Bonchev–Trinajstić information content (AvgIpc) is 3.54. The largest absolute Gasteiger partial charge is 0.497 e. The summed E-state index contributed by atoms with van der Waals surface area (Å²) in [5.74, 6) is 2.30. The van der Waals surface area contributed by atoms with Crippen LogP contribution in [0.15, 0.2) is 58.2 Å². The molecule has 34 heavy (non-hydrogen) atoms.